The van der Waals surface area contributed by atoms with Gasteiger partial charge in [-0.15, -0.1) is 0 Å². The van der Waals surface area contributed by atoms with Gasteiger partial charge >= 0.3 is 0 Å². The van der Waals surface area contributed by atoms with E-state index in [2.05, 4.69) is 5.32 Å². The van der Waals surface area contributed by atoms with Gasteiger partial charge in [-0.1, -0.05) is 35.3 Å². The molecule has 0 saturated carbocycles. The van der Waals surface area contributed by atoms with Crippen molar-refractivity contribution in [2.75, 3.05) is 26.6 Å². The number of nitro benzene ring substituents is 1. The number of nitrogens with one attached hydrogen (secondary N) is 1. The number of carbonyl (C=O) groups excluding carboxylic acids is 1. The molecule has 12 heteroatoms. The summed E-state index contributed by atoms with van der Waals surface area (Å²) in [4.78, 5) is 23.4. The van der Waals surface area contributed by atoms with Crippen LogP contribution in [0, 0.1) is 21.4 Å². The van der Waals surface area contributed by atoms with E-state index < -0.39 is 10.8 Å². The molecule has 1 amide bonds. The van der Waals surface area contributed by atoms with Crippen LogP contribution in [0.4, 0.5) is 11.4 Å². The molecule has 0 fully saturated rings. The lowest BCUT2D eigenvalue weighted by atomic mass is 10.1. The fourth-order valence-corrected chi connectivity index (χ4v) is 3.85. The van der Waals surface area contributed by atoms with Gasteiger partial charge in [0.1, 0.15) is 29.7 Å². The highest BCUT2D eigenvalue weighted by atomic mass is 35.5. The number of nitro groups is 1. The fourth-order valence-electron chi connectivity index (χ4n) is 3.34. The molecule has 3 aromatic rings. The number of methoxy groups -OCH3 is 3. The zero-order valence-electron chi connectivity index (χ0n) is 20.4. The van der Waals surface area contributed by atoms with Crippen LogP contribution in [0.25, 0.3) is 6.08 Å². The summed E-state index contributed by atoms with van der Waals surface area (Å²) in [5, 5.41) is 23.7. The smallest absolute Gasteiger partial charge is 0.269 e. The second-order valence-electron chi connectivity index (χ2n) is 7.56. The first-order valence-corrected chi connectivity index (χ1v) is 11.5. The monoisotopic (exact) mass is 557 g/mol. The Balaban J connectivity index is 1.85. The lowest BCUT2D eigenvalue weighted by molar-refractivity contribution is -0.384. The van der Waals surface area contributed by atoms with Crippen LogP contribution < -0.4 is 24.3 Å². The summed E-state index contributed by atoms with van der Waals surface area (Å²) in [6, 6.07) is 13.8. The maximum Gasteiger partial charge on any atom is 0.269 e. The van der Waals surface area contributed by atoms with Crippen LogP contribution in [0.15, 0.2) is 54.1 Å². The summed E-state index contributed by atoms with van der Waals surface area (Å²) in [6.07, 6.45) is 1.33. The van der Waals surface area contributed by atoms with Gasteiger partial charge in [-0.3, -0.25) is 14.9 Å². The van der Waals surface area contributed by atoms with E-state index in [9.17, 15) is 20.2 Å². The molecular weight excluding hydrogens is 537 g/mol. The number of hydrogen-bond donors (Lipinski definition) is 1. The molecule has 10 nitrogen and oxygen atoms in total. The molecule has 0 aromatic heterocycles. The van der Waals surface area contributed by atoms with E-state index >= 15 is 0 Å². The van der Waals surface area contributed by atoms with Crippen molar-refractivity contribution in [1.82, 2.24) is 0 Å². The molecular formula is C26H21Cl2N3O7. The van der Waals surface area contributed by atoms with Gasteiger partial charge < -0.3 is 24.3 Å². The zero-order chi connectivity index (χ0) is 27.8. The van der Waals surface area contributed by atoms with E-state index in [4.69, 9.17) is 42.1 Å². The van der Waals surface area contributed by atoms with Gasteiger partial charge in [0.05, 0.1) is 42.0 Å². The highest BCUT2D eigenvalue weighted by Gasteiger charge is 2.17. The number of ether oxygens (including phenoxy) is 4. The minimum absolute atomic E-state index is 0.00875. The topological polar surface area (TPSA) is 133 Å². The molecule has 0 aliphatic carbocycles. The summed E-state index contributed by atoms with van der Waals surface area (Å²) in [5.41, 5.74) is 0.896. The number of halogens is 2. The van der Waals surface area contributed by atoms with Gasteiger partial charge in [-0.05, 0) is 29.3 Å². The fraction of sp³-hybridized carbons (Fsp3) is 0.154. The number of anilines is 1. The van der Waals surface area contributed by atoms with E-state index in [1.807, 2.05) is 6.07 Å². The summed E-state index contributed by atoms with van der Waals surface area (Å²) >= 11 is 12.5. The summed E-state index contributed by atoms with van der Waals surface area (Å²) < 4.78 is 21.6. The van der Waals surface area contributed by atoms with Crippen molar-refractivity contribution in [3.05, 3.63) is 85.4 Å². The molecule has 0 heterocycles. The Morgan fingerprint density at radius 2 is 1.74 bits per heavy atom. The van der Waals surface area contributed by atoms with Crippen LogP contribution in [-0.4, -0.2) is 32.2 Å². The number of benzene rings is 3. The summed E-state index contributed by atoms with van der Waals surface area (Å²) in [6.45, 7) is -0.00875. The molecule has 0 saturated heterocycles. The molecule has 0 spiro atoms. The molecule has 0 bridgehead atoms. The van der Waals surface area contributed by atoms with Gasteiger partial charge in [0, 0.05) is 24.3 Å². The number of nitriles is 1. The predicted octanol–water partition coefficient (Wildman–Crippen LogP) is 6.05. The van der Waals surface area contributed by atoms with Crippen molar-refractivity contribution in [3.63, 3.8) is 0 Å². The number of hydrogen-bond acceptors (Lipinski definition) is 8. The lowest BCUT2D eigenvalue weighted by Gasteiger charge is -2.14. The molecule has 3 rings (SSSR count). The van der Waals surface area contributed by atoms with Crippen molar-refractivity contribution in [3.8, 4) is 29.1 Å². The lowest BCUT2D eigenvalue weighted by Crippen LogP contribution is -2.14. The van der Waals surface area contributed by atoms with Gasteiger partial charge in [0.25, 0.3) is 11.6 Å². The minimum atomic E-state index is -0.712. The van der Waals surface area contributed by atoms with Crippen LogP contribution in [0.5, 0.6) is 23.0 Å². The Bertz CT molecular complexity index is 1450. The minimum Gasteiger partial charge on any atom is -0.495 e. The van der Waals surface area contributed by atoms with Crippen LogP contribution in [-0.2, 0) is 11.4 Å². The normalized spacial score (nSPS) is 10.8. The van der Waals surface area contributed by atoms with Crippen LogP contribution >= 0.6 is 23.2 Å². The van der Waals surface area contributed by atoms with Crippen molar-refractivity contribution in [2.24, 2.45) is 0 Å². The Morgan fingerprint density at radius 3 is 2.37 bits per heavy atom. The van der Waals surface area contributed by atoms with E-state index in [0.717, 1.165) is 0 Å². The van der Waals surface area contributed by atoms with Crippen LogP contribution in [0.3, 0.4) is 0 Å². The average molecular weight is 558 g/mol. The third-order valence-corrected chi connectivity index (χ3v) is 5.73. The van der Waals surface area contributed by atoms with Crippen molar-refractivity contribution in [1.29, 1.82) is 5.26 Å². The van der Waals surface area contributed by atoms with Gasteiger partial charge in [-0.2, -0.15) is 5.26 Å². The van der Waals surface area contributed by atoms with Crippen molar-refractivity contribution in [2.45, 2.75) is 6.61 Å². The van der Waals surface area contributed by atoms with Gasteiger partial charge in [0.2, 0.25) is 0 Å². The van der Waals surface area contributed by atoms with Crippen LogP contribution in [0.1, 0.15) is 11.1 Å². The van der Waals surface area contributed by atoms with E-state index in [-0.39, 0.29) is 50.8 Å². The zero-order valence-corrected chi connectivity index (χ0v) is 21.9. The molecule has 1 N–H and O–H groups in total. The third kappa shape index (κ3) is 6.64. The number of rotatable bonds is 10. The molecule has 0 unspecified atom stereocenters. The Hall–Kier alpha value is -4.46. The largest absolute Gasteiger partial charge is 0.495 e. The number of nitrogens with zero attached hydrogens (tertiary/aromatic N) is 2. The molecule has 196 valence electrons. The quantitative estimate of drug-likeness (QED) is 0.138. The standard InChI is InChI=1S/C26H21Cl2N3O7/c1-35-22-12-21(23(36-2)11-19(22)27)30-26(32)17(13-29)7-16-9-20(28)25(24(10-16)37-3)38-14-15-5-4-6-18(8-15)31(33)34/h4-12H,14H2,1-3H3,(H,30,32)/b17-7+. The van der Waals surface area contributed by atoms with Crippen molar-refractivity contribution >= 4 is 46.6 Å². The van der Waals surface area contributed by atoms with E-state index in [0.29, 0.717) is 16.9 Å². The summed E-state index contributed by atoms with van der Waals surface area (Å²) in [5.74, 6) is 0.296. The first-order valence-electron chi connectivity index (χ1n) is 10.8. The highest BCUT2D eigenvalue weighted by Crippen LogP contribution is 2.38. The summed E-state index contributed by atoms with van der Waals surface area (Å²) in [7, 11) is 4.23. The number of non-ortho nitro benzene ring substituents is 1. The van der Waals surface area contributed by atoms with Gasteiger partial charge in [0.15, 0.2) is 11.5 Å². The maximum absolute atomic E-state index is 12.9. The number of carbonyl (C=O) groups is 1. The van der Waals surface area contributed by atoms with Gasteiger partial charge in [-0.25, -0.2) is 0 Å². The predicted molar refractivity (Wildman–Crippen MR) is 142 cm³/mol. The molecule has 0 radical (unpaired) electrons. The second kappa shape index (κ2) is 12.7. The van der Waals surface area contributed by atoms with E-state index in [1.165, 1.54) is 63.8 Å². The molecule has 0 atom stereocenters. The van der Waals surface area contributed by atoms with Crippen LogP contribution in [0.2, 0.25) is 10.0 Å². The Morgan fingerprint density at radius 1 is 1.03 bits per heavy atom. The van der Waals surface area contributed by atoms with Crippen molar-refractivity contribution < 1.29 is 28.7 Å². The first kappa shape index (κ1) is 28.1. The van der Waals surface area contributed by atoms with E-state index in [1.54, 1.807) is 12.1 Å². The highest BCUT2D eigenvalue weighted by molar-refractivity contribution is 6.33. The molecule has 38 heavy (non-hydrogen) atoms. The SMILES string of the molecule is COc1cc(NC(=O)/C(C#N)=C/c2cc(Cl)c(OCc3cccc([N+](=O)[O-])c3)c(OC)c2)c(OC)cc1Cl. The maximum atomic E-state index is 12.9. The average Bonchev–Trinajstić information content (AvgIpc) is 2.91. The first-order chi connectivity index (χ1) is 18.2. The number of amides is 1. The Labute approximate surface area is 228 Å². The third-order valence-electron chi connectivity index (χ3n) is 5.15. The molecule has 3 aromatic carbocycles. The molecule has 0 aliphatic heterocycles. The molecule has 0 aliphatic rings. The Kier molecular flexibility index (Phi) is 9.38. The second-order valence-corrected chi connectivity index (χ2v) is 8.38.